The van der Waals surface area contributed by atoms with Crippen molar-refractivity contribution in [1.29, 1.82) is 0 Å². The Morgan fingerprint density at radius 2 is 1.62 bits per heavy atom. The molecule has 7 nitrogen and oxygen atoms in total. The van der Waals surface area contributed by atoms with E-state index >= 15 is 0 Å². The number of ether oxygens (including phenoxy) is 1. The number of anilines is 1. The van der Waals surface area contributed by atoms with Gasteiger partial charge in [0, 0.05) is 24.0 Å². The number of carbonyl (C=O) groups is 2. The molecule has 0 atom stereocenters. The highest BCUT2D eigenvalue weighted by molar-refractivity contribution is 5.84. The van der Waals surface area contributed by atoms with Crippen molar-refractivity contribution >= 4 is 17.7 Å². The molecule has 1 aliphatic rings. The van der Waals surface area contributed by atoms with E-state index in [1.165, 1.54) is 18.3 Å². The summed E-state index contributed by atoms with van der Waals surface area (Å²) in [6.45, 7) is -1.26. The average molecular weight is 525 g/mol. The maximum atomic E-state index is 13.3. The summed E-state index contributed by atoms with van der Waals surface area (Å²) in [5.41, 5.74) is -1.50. The summed E-state index contributed by atoms with van der Waals surface area (Å²) in [4.78, 5) is 28.7. The van der Waals surface area contributed by atoms with Crippen molar-refractivity contribution in [3.8, 4) is 17.0 Å². The van der Waals surface area contributed by atoms with E-state index in [2.05, 4.69) is 10.3 Å². The molecule has 0 aliphatic carbocycles. The summed E-state index contributed by atoms with van der Waals surface area (Å²) in [5.74, 6) is -0.572. The Labute approximate surface area is 205 Å². The predicted octanol–water partition coefficient (Wildman–Crippen LogP) is 5.80. The number of carboxylic acid groups (broad SMARTS) is 1. The number of carbonyl (C=O) groups excluding carboxylic acids is 1. The zero-order valence-corrected chi connectivity index (χ0v) is 18.7. The van der Waals surface area contributed by atoms with E-state index in [-0.39, 0.29) is 24.1 Å². The van der Waals surface area contributed by atoms with Crippen molar-refractivity contribution in [2.75, 3.05) is 11.9 Å². The van der Waals surface area contributed by atoms with Crippen LogP contribution in [0.3, 0.4) is 0 Å². The second-order valence-corrected chi connectivity index (χ2v) is 8.10. The van der Waals surface area contributed by atoms with Crippen LogP contribution < -0.4 is 10.1 Å². The Morgan fingerprint density at radius 3 is 2.19 bits per heavy atom. The molecule has 2 N–H and O–H groups in total. The number of nitrogens with zero attached hydrogens (tertiary/aromatic N) is 2. The minimum atomic E-state index is -5.02. The van der Waals surface area contributed by atoms with E-state index in [1.54, 1.807) is 18.2 Å². The third-order valence-corrected chi connectivity index (χ3v) is 5.52. The number of alkyl halides is 6. The van der Waals surface area contributed by atoms with Crippen LogP contribution in [0.1, 0.15) is 22.3 Å². The van der Waals surface area contributed by atoms with Crippen molar-refractivity contribution in [2.24, 2.45) is 0 Å². The van der Waals surface area contributed by atoms with Gasteiger partial charge in [-0.05, 0) is 53.1 Å². The summed E-state index contributed by atoms with van der Waals surface area (Å²) in [5, 5.41) is 11.0. The molecule has 0 radical (unpaired) electrons. The second-order valence-electron chi connectivity index (χ2n) is 8.10. The van der Waals surface area contributed by atoms with E-state index in [0.717, 1.165) is 4.90 Å². The molecular weight excluding hydrogens is 508 g/mol. The molecule has 1 aliphatic heterocycles. The highest BCUT2D eigenvalue weighted by Gasteiger charge is 2.37. The van der Waals surface area contributed by atoms with Gasteiger partial charge in [0.25, 0.3) is 5.91 Å². The number of aromatic nitrogens is 1. The second kappa shape index (κ2) is 9.64. The summed E-state index contributed by atoms with van der Waals surface area (Å²) >= 11 is 0. The monoisotopic (exact) mass is 525 g/mol. The van der Waals surface area contributed by atoms with Crippen LogP contribution in [0, 0.1) is 0 Å². The first-order valence-electron chi connectivity index (χ1n) is 10.6. The van der Waals surface area contributed by atoms with Gasteiger partial charge in [0.05, 0.1) is 17.7 Å². The van der Waals surface area contributed by atoms with Gasteiger partial charge in [-0.1, -0.05) is 12.1 Å². The molecule has 2 aromatic carbocycles. The molecule has 3 aromatic rings. The lowest BCUT2D eigenvalue weighted by molar-refractivity contribution is -0.143. The summed E-state index contributed by atoms with van der Waals surface area (Å²) in [6.07, 6.45) is -9.88. The fourth-order valence-corrected chi connectivity index (χ4v) is 3.85. The molecular formula is C24H17F6N3O4. The van der Waals surface area contributed by atoms with Crippen LogP contribution in [0.5, 0.6) is 5.88 Å². The van der Waals surface area contributed by atoms with E-state index in [0.29, 0.717) is 34.5 Å². The minimum absolute atomic E-state index is 0.0249. The van der Waals surface area contributed by atoms with Gasteiger partial charge in [-0.15, -0.1) is 0 Å². The zero-order chi connectivity index (χ0) is 27.0. The molecule has 0 unspecified atom stereocenters. The number of rotatable bonds is 4. The predicted molar refractivity (Wildman–Crippen MR) is 118 cm³/mol. The number of halogens is 6. The number of amides is 2. The Morgan fingerprint density at radius 1 is 1.00 bits per heavy atom. The Balaban J connectivity index is 1.69. The number of hydrogen-bond acceptors (Lipinski definition) is 4. The third kappa shape index (κ3) is 5.93. The van der Waals surface area contributed by atoms with Crippen molar-refractivity contribution in [2.45, 2.75) is 25.4 Å². The zero-order valence-electron chi connectivity index (χ0n) is 18.7. The average Bonchev–Trinajstić information content (AvgIpc) is 2.96. The van der Waals surface area contributed by atoms with Gasteiger partial charge in [-0.25, -0.2) is 9.78 Å². The molecule has 1 aromatic heterocycles. The number of nitrogens with one attached hydrogen (secondary N) is 1. The molecule has 37 heavy (non-hydrogen) atoms. The van der Waals surface area contributed by atoms with Crippen LogP contribution in [0.15, 0.2) is 54.7 Å². The first kappa shape index (κ1) is 25.8. The smallest absolute Gasteiger partial charge is 0.416 e. The van der Waals surface area contributed by atoms with Crippen molar-refractivity contribution in [3.05, 3.63) is 77.0 Å². The SMILES string of the molecule is O=C(O)Nc1ccc(-c2ccnc3c2CN(Cc2cc(C(F)(F)F)cc(C(F)(F)F)c2)C(=O)CO3)cc1. The molecule has 0 spiro atoms. The lowest BCUT2D eigenvalue weighted by Gasteiger charge is -2.22. The van der Waals surface area contributed by atoms with Crippen molar-refractivity contribution in [3.63, 3.8) is 0 Å². The standard InChI is InChI=1S/C24H17F6N3O4/c25-23(26,27)15-7-13(8-16(9-15)24(28,29)30)10-33-11-19-18(5-6-31-21(19)37-12-20(33)34)14-1-3-17(4-2-14)32-22(35)36/h1-9,32H,10-12H2,(H,35,36). The van der Waals surface area contributed by atoms with Crippen LogP contribution in [0.4, 0.5) is 36.8 Å². The molecule has 2 amide bonds. The van der Waals surface area contributed by atoms with E-state index < -0.39 is 48.6 Å². The van der Waals surface area contributed by atoms with Gasteiger partial charge in [-0.3, -0.25) is 10.1 Å². The maximum absolute atomic E-state index is 13.3. The van der Waals surface area contributed by atoms with Crippen molar-refractivity contribution < 1.29 is 45.8 Å². The van der Waals surface area contributed by atoms with Gasteiger partial charge in [0.1, 0.15) is 0 Å². The molecule has 0 saturated carbocycles. The number of fused-ring (bicyclic) bond motifs is 1. The van der Waals surface area contributed by atoms with Crippen LogP contribution in [-0.4, -0.2) is 33.6 Å². The summed E-state index contributed by atoms with van der Waals surface area (Å²) in [6, 6.07) is 8.97. The number of benzene rings is 2. The van der Waals surface area contributed by atoms with E-state index in [1.807, 2.05) is 0 Å². The molecule has 0 bridgehead atoms. The summed E-state index contributed by atoms with van der Waals surface area (Å²) in [7, 11) is 0. The van der Waals surface area contributed by atoms with Gasteiger partial charge in [0.15, 0.2) is 6.61 Å². The minimum Gasteiger partial charge on any atom is -0.467 e. The highest BCUT2D eigenvalue weighted by atomic mass is 19.4. The largest absolute Gasteiger partial charge is 0.467 e. The summed E-state index contributed by atoms with van der Waals surface area (Å²) < 4.78 is 85.1. The van der Waals surface area contributed by atoms with Gasteiger partial charge in [0.2, 0.25) is 5.88 Å². The van der Waals surface area contributed by atoms with Crippen LogP contribution in [0.25, 0.3) is 11.1 Å². The van der Waals surface area contributed by atoms with Crippen LogP contribution in [-0.2, 0) is 30.2 Å². The molecule has 2 heterocycles. The van der Waals surface area contributed by atoms with E-state index in [9.17, 15) is 35.9 Å². The first-order valence-corrected chi connectivity index (χ1v) is 10.6. The number of hydrogen-bond donors (Lipinski definition) is 2. The quantitative estimate of drug-likeness (QED) is 0.421. The fraction of sp³-hybridized carbons (Fsp3) is 0.208. The lowest BCUT2D eigenvalue weighted by Crippen LogP contribution is -2.32. The Hall–Kier alpha value is -4.29. The lowest BCUT2D eigenvalue weighted by atomic mass is 10.00. The molecule has 0 fully saturated rings. The normalized spacial score (nSPS) is 14.0. The van der Waals surface area contributed by atoms with Gasteiger partial charge < -0.3 is 14.7 Å². The van der Waals surface area contributed by atoms with Crippen LogP contribution >= 0.6 is 0 Å². The Kier molecular flexibility index (Phi) is 6.72. The van der Waals surface area contributed by atoms with E-state index in [4.69, 9.17) is 9.84 Å². The number of pyridine rings is 1. The van der Waals surface area contributed by atoms with Gasteiger partial charge in [-0.2, -0.15) is 26.3 Å². The Bertz CT molecular complexity index is 1310. The fourth-order valence-electron chi connectivity index (χ4n) is 3.85. The molecule has 194 valence electrons. The van der Waals surface area contributed by atoms with Gasteiger partial charge >= 0.3 is 18.4 Å². The van der Waals surface area contributed by atoms with Crippen LogP contribution in [0.2, 0.25) is 0 Å². The molecule has 13 heteroatoms. The van der Waals surface area contributed by atoms with Crippen molar-refractivity contribution in [1.82, 2.24) is 9.88 Å². The topological polar surface area (TPSA) is 91.8 Å². The first-order chi connectivity index (χ1) is 17.3. The third-order valence-electron chi connectivity index (χ3n) is 5.52. The maximum Gasteiger partial charge on any atom is 0.416 e. The highest BCUT2D eigenvalue weighted by Crippen LogP contribution is 2.37. The molecule has 4 rings (SSSR count). The molecule has 0 saturated heterocycles.